The van der Waals surface area contributed by atoms with E-state index >= 15 is 0 Å². The van der Waals surface area contributed by atoms with Gasteiger partial charge in [0.15, 0.2) is 0 Å². The average molecular weight is 439 g/mol. The number of aliphatic hydroxyl groups excluding tert-OH is 3. The van der Waals surface area contributed by atoms with Gasteiger partial charge in [0.25, 0.3) is 0 Å². The summed E-state index contributed by atoms with van der Waals surface area (Å²) < 4.78 is 5.65. The quantitative estimate of drug-likeness (QED) is 0.194. The predicted molar refractivity (Wildman–Crippen MR) is 131 cm³/mol. The predicted octanol–water partition coefficient (Wildman–Crippen LogP) is 6.41. The molecule has 4 nitrogen and oxygen atoms in total. The van der Waals surface area contributed by atoms with Gasteiger partial charge < -0.3 is 20.1 Å². The summed E-state index contributed by atoms with van der Waals surface area (Å²) in [6.45, 7) is 2.63. The van der Waals surface area contributed by atoms with Gasteiger partial charge in [-0.15, -0.1) is 0 Å². The van der Waals surface area contributed by atoms with Gasteiger partial charge in [-0.3, -0.25) is 0 Å². The van der Waals surface area contributed by atoms with Crippen LogP contribution in [0.3, 0.4) is 0 Å². The lowest BCUT2D eigenvalue weighted by Gasteiger charge is -2.04. The van der Waals surface area contributed by atoms with Crippen molar-refractivity contribution in [3.63, 3.8) is 0 Å². The summed E-state index contributed by atoms with van der Waals surface area (Å²) in [5, 5.41) is 25.7. The molecule has 1 aromatic carbocycles. The molecule has 0 radical (unpaired) electrons. The van der Waals surface area contributed by atoms with E-state index in [1.807, 2.05) is 6.07 Å². The van der Waals surface area contributed by atoms with E-state index in [0.29, 0.717) is 19.8 Å². The second kappa shape index (κ2) is 27.1. The van der Waals surface area contributed by atoms with E-state index in [2.05, 4.69) is 24.3 Å². The number of ether oxygens (including phenoxy) is 1. The third kappa shape index (κ3) is 25.2. The first-order valence-corrected chi connectivity index (χ1v) is 12.8. The fourth-order valence-electron chi connectivity index (χ4n) is 3.43. The first-order valence-electron chi connectivity index (χ1n) is 12.8. The maximum atomic E-state index is 8.66. The highest BCUT2D eigenvalue weighted by atomic mass is 16.5. The molecule has 0 saturated carbocycles. The Morgan fingerprint density at radius 1 is 0.452 bits per heavy atom. The van der Waals surface area contributed by atoms with E-state index < -0.39 is 0 Å². The van der Waals surface area contributed by atoms with Crippen molar-refractivity contribution in [3.05, 3.63) is 35.9 Å². The summed E-state index contributed by atoms with van der Waals surface area (Å²) in [4.78, 5) is 0. The van der Waals surface area contributed by atoms with Crippen LogP contribution in [0.1, 0.15) is 108 Å². The number of benzene rings is 1. The molecule has 4 heteroatoms. The number of hydrogen-bond donors (Lipinski definition) is 3. The summed E-state index contributed by atoms with van der Waals surface area (Å²) in [6, 6.07) is 10.3. The molecule has 182 valence electrons. The molecule has 0 unspecified atom stereocenters. The smallest absolute Gasteiger partial charge is 0.0716 e. The molecule has 3 N–H and O–H groups in total. The maximum absolute atomic E-state index is 8.66. The molecule has 0 aliphatic heterocycles. The molecule has 0 fully saturated rings. The van der Waals surface area contributed by atoms with Gasteiger partial charge in [-0.25, -0.2) is 0 Å². The van der Waals surface area contributed by atoms with Crippen molar-refractivity contribution in [1.29, 1.82) is 0 Å². The number of aliphatic hydroxyl groups is 3. The second-order valence-corrected chi connectivity index (χ2v) is 8.37. The molecule has 0 atom stereocenters. The van der Waals surface area contributed by atoms with Crippen molar-refractivity contribution in [2.45, 2.75) is 109 Å². The van der Waals surface area contributed by atoms with Gasteiger partial charge in [0.05, 0.1) is 6.61 Å². The number of hydrogen-bond acceptors (Lipinski definition) is 4. The Balaban J connectivity index is 0.000000649. The summed E-state index contributed by atoms with van der Waals surface area (Å²) >= 11 is 0. The lowest BCUT2D eigenvalue weighted by Crippen LogP contribution is -1.95. The fraction of sp³-hybridized carbons (Fsp3) is 0.778. The van der Waals surface area contributed by atoms with E-state index in [-0.39, 0.29) is 0 Å². The molecule has 0 aliphatic carbocycles. The standard InChI is InChI=1S/C17H28O2.C10H22O2/c18-14-10-5-3-1-2-4-6-11-15-19-16-17-12-8-7-9-13-17;11-9-7-5-3-1-2-4-6-8-10-12/h7-9,12-13,18H,1-6,10-11,14-16H2;11-12H,1-10H2. The minimum absolute atomic E-state index is 0.338. The maximum Gasteiger partial charge on any atom is 0.0716 e. The van der Waals surface area contributed by atoms with Crippen LogP contribution >= 0.6 is 0 Å². The summed E-state index contributed by atoms with van der Waals surface area (Å²) in [5.41, 5.74) is 1.26. The van der Waals surface area contributed by atoms with E-state index in [1.165, 1.54) is 76.2 Å². The van der Waals surface area contributed by atoms with E-state index in [4.69, 9.17) is 20.1 Å². The largest absolute Gasteiger partial charge is 0.396 e. The second-order valence-electron chi connectivity index (χ2n) is 8.37. The van der Waals surface area contributed by atoms with Crippen LogP contribution in [-0.4, -0.2) is 41.7 Å². The first-order chi connectivity index (χ1) is 15.3. The third-order valence-electron chi connectivity index (χ3n) is 5.37. The Labute approximate surface area is 192 Å². The van der Waals surface area contributed by atoms with E-state index in [1.54, 1.807) is 0 Å². The minimum atomic E-state index is 0.338. The van der Waals surface area contributed by atoms with E-state index in [9.17, 15) is 0 Å². The summed E-state index contributed by atoms with van der Waals surface area (Å²) in [5.74, 6) is 0. The van der Waals surface area contributed by atoms with Crippen molar-refractivity contribution in [1.82, 2.24) is 0 Å². The number of unbranched alkanes of at least 4 members (excludes halogenated alkanes) is 14. The van der Waals surface area contributed by atoms with Crippen molar-refractivity contribution >= 4 is 0 Å². The van der Waals surface area contributed by atoms with Gasteiger partial charge in [0.2, 0.25) is 0 Å². The Hall–Kier alpha value is -0.940. The minimum Gasteiger partial charge on any atom is -0.396 e. The van der Waals surface area contributed by atoms with Gasteiger partial charge in [0.1, 0.15) is 0 Å². The van der Waals surface area contributed by atoms with Crippen LogP contribution in [0.15, 0.2) is 30.3 Å². The molecular formula is C27H50O4. The summed E-state index contributed by atoms with van der Waals surface area (Å²) in [6.07, 6.45) is 19.1. The SMILES string of the molecule is OCCCCCCCCCCO.OCCCCCCCCCCOCc1ccccc1. The number of rotatable bonds is 21. The first kappa shape index (κ1) is 30.1. The zero-order chi connectivity index (χ0) is 22.7. The lowest BCUT2D eigenvalue weighted by atomic mass is 10.1. The zero-order valence-electron chi connectivity index (χ0n) is 20.0. The van der Waals surface area contributed by atoms with Gasteiger partial charge in [-0.1, -0.05) is 107 Å². The van der Waals surface area contributed by atoms with Crippen LogP contribution in [0.2, 0.25) is 0 Å². The van der Waals surface area contributed by atoms with Gasteiger partial charge in [-0.2, -0.15) is 0 Å². The zero-order valence-corrected chi connectivity index (χ0v) is 20.0. The van der Waals surface area contributed by atoms with Crippen LogP contribution in [-0.2, 0) is 11.3 Å². The molecule has 0 bridgehead atoms. The highest BCUT2D eigenvalue weighted by Crippen LogP contribution is 2.09. The van der Waals surface area contributed by atoms with Crippen LogP contribution in [0.5, 0.6) is 0 Å². The fourth-order valence-corrected chi connectivity index (χ4v) is 3.43. The van der Waals surface area contributed by atoms with Crippen LogP contribution in [0, 0.1) is 0 Å². The van der Waals surface area contributed by atoms with Gasteiger partial charge >= 0.3 is 0 Å². The van der Waals surface area contributed by atoms with Crippen molar-refractivity contribution < 1.29 is 20.1 Å². The molecule has 0 spiro atoms. The normalized spacial score (nSPS) is 10.7. The topological polar surface area (TPSA) is 69.9 Å². The third-order valence-corrected chi connectivity index (χ3v) is 5.37. The highest BCUT2D eigenvalue weighted by Gasteiger charge is 1.94. The van der Waals surface area contributed by atoms with Gasteiger partial charge in [-0.05, 0) is 31.2 Å². The van der Waals surface area contributed by atoms with E-state index in [0.717, 1.165) is 45.3 Å². The lowest BCUT2D eigenvalue weighted by molar-refractivity contribution is 0.116. The monoisotopic (exact) mass is 438 g/mol. The molecule has 0 amide bonds. The van der Waals surface area contributed by atoms with Crippen molar-refractivity contribution in [2.75, 3.05) is 26.4 Å². The van der Waals surface area contributed by atoms with Crippen molar-refractivity contribution in [2.24, 2.45) is 0 Å². The Morgan fingerprint density at radius 2 is 0.806 bits per heavy atom. The highest BCUT2D eigenvalue weighted by molar-refractivity contribution is 5.13. The molecule has 0 heterocycles. The molecule has 0 aromatic heterocycles. The van der Waals surface area contributed by atoms with Crippen LogP contribution < -0.4 is 0 Å². The molecule has 1 rings (SSSR count). The Morgan fingerprint density at radius 3 is 1.19 bits per heavy atom. The molecule has 0 saturated heterocycles. The molecule has 0 aliphatic rings. The van der Waals surface area contributed by atoms with Crippen LogP contribution in [0.4, 0.5) is 0 Å². The Kier molecular flexibility index (Phi) is 26.3. The van der Waals surface area contributed by atoms with Crippen LogP contribution in [0.25, 0.3) is 0 Å². The average Bonchev–Trinajstić information content (AvgIpc) is 2.80. The summed E-state index contributed by atoms with van der Waals surface area (Å²) in [7, 11) is 0. The Bertz CT molecular complexity index is 415. The molecular weight excluding hydrogens is 388 g/mol. The van der Waals surface area contributed by atoms with Gasteiger partial charge in [0, 0.05) is 26.4 Å². The molecule has 1 aromatic rings. The molecule has 31 heavy (non-hydrogen) atoms. The van der Waals surface area contributed by atoms with Crippen molar-refractivity contribution in [3.8, 4) is 0 Å².